The molecule has 0 amide bonds. The summed E-state index contributed by atoms with van der Waals surface area (Å²) < 4.78 is 6.14. The van der Waals surface area contributed by atoms with Crippen LogP contribution >= 0.6 is 0 Å². The first-order chi connectivity index (χ1) is 7.71. The highest BCUT2D eigenvalue weighted by atomic mass is 16.5. The van der Waals surface area contributed by atoms with Gasteiger partial charge in [0, 0.05) is 12.6 Å². The zero-order valence-electron chi connectivity index (χ0n) is 11.9. The highest BCUT2D eigenvalue weighted by Gasteiger charge is 2.49. The molecule has 2 fully saturated rings. The van der Waals surface area contributed by atoms with Gasteiger partial charge < -0.3 is 9.84 Å². The van der Waals surface area contributed by atoms with E-state index in [1.807, 2.05) is 0 Å². The van der Waals surface area contributed by atoms with Crippen LogP contribution in [0.15, 0.2) is 0 Å². The van der Waals surface area contributed by atoms with Crippen LogP contribution in [0, 0.1) is 5.92 Å². The maximum absolute atomic E-state index is 10.0. The second-order valence-corrected chi connectivity index (χ2v) is 7.01. The van der Waals surface area contributed by atoms with Gasteiger partial charge in [0.05, 0.1) is 17.3 Å². The summed E-state index contributed by atoms with van der Waals surface area (Å²) in [4.78, 5) is 2.43. The van der Waals surface area contributed by atoms with Gasteiger partial charge in [-0.05, 0) is 53.0 Å². The van der Waals surface area contributed by atoms with Crippen molar-refractivity contribution in [1.82, 2.24) is 4.90 Å². The number of likely N-dealkylation sites (tertiary alicyclic amines) is 1. The molecule has 1 N–H and O–H groups in total. The van der Waals surface area contributed by atoms with Gasteiger partial charge in [-0.15, -0.1) is 0 Å². The third-order valence-electron chi connectivity index (χ3n) is 4.42. The minimum atomic E-state index is -0.178. The fourth-order valence-corrected chi connectivity index (χ4v) is 3.46. The molecule has 100 valence electrons. The number of aliphatic hydroxyl groups is 1. The van der Waals surface area contributed by atoms with Crippen molar-refractivity contribution in [3.63, 3.8) is 0 Å². The summed E-state index contributed by atoms with van der Waals surface area (Å²) in [6.45, 7) is 12.7. The predicted molar refractivity (Wildman–Crippen MR) is 69.0 cm³/mol. The molecular weight excluding hydrogens is 214 g/mol. The van der Waals surface area contributed by atoms with E-state index in [1.54, 1.807) is 0 Å². The number of nitrogens with zero attached hydrogens (tertiary/aromatic N) is 1. The Bertz CT molecular complexity index is 288. The molecule has 2 rings (SSSR count). The smallest absolute Gasteiger partial charge is 0.0789 e. The molecule has 2 aliphatic rings. The van der Waals surface area contributed by atoms with Crippen LogP contribution in [0.1, 0.15) is 47.5 Å². The Morgan fingerprint density at radius 2 is 1.88 bits per heavy atom. The van der Waals surface area contributed by atoms with E-state index in [1.165, 1.54) is 0 Å². The second kappa shape index (κ2) is 4.22. The minimum absolute atomic E-state index is 0.0395. The van der Waals surface area contributed by atoms with Gasteiger partial charge in [-0.25, -0.2) is 0 Å². The Kier molecular flexibility index (Phi) is 3.30. The lowest BCUT2D eigenvalue weighted by molar-refractivity contribution is -0.0889. The number of aliphatic hydroxyl groups excluding tert-OH is 1. The van der Waals surface area contributed by atoms with E-state index in [0.29, 0.717) is 12.0 Å². The molecule has 0 spiro atoms. The van der Waals surface area contributed by atoms with Gasteiger partial charge >= 0.3 is 0 Å². The van der Waals surface area contributed by atoms with E-state index in [-0.39, 0.29) is 17.3 Å². The van der Waals surface area contributed by atoms with Crippen molar-refractivity contribution in [3.05, 3.63) is 0 Å². The first-order valence-electron chi connectivity index (χ1n) is 6.83. The van der Waals surface area contributed by atoms with Crippen LogP contribution in [0.5, 0.6) is 0 Å². The normalized spacial score (nSPS) is 41.6. The van der Waals surface area contributed by atoms with Gasteiger partial charge in [-0.2, -0.15) is 0 Å². The number of hydrogen-bond donors (Lipinski definition) is 1. The summed E-state index contributed by atoms with van der Waals surface area (Å²) in [5.41, 5.74) is -0.147. The van der Waals surface area contributed by atoms with Gasteiger partial charge in [0.2, 0.25) is 0 Å². The lowest BCUT2D eigenvalue weighted by Crippen LogP contribution is -2.53. The first kappa shape index (κ1) is 13.3. The molecule has 3 nitrogen and oxygen atoms in total. The van der Waals surface area contributed by atoms with Gasteiger partial charge in [-0.1, -0.05) is 6.92 Å². The van der Waals surface area contributed by atoms with Gasteiger partial charge in [-0.3, -0.25) is 4.90 Å². The zero-order chi connectivity index (χ0) is 12.8. The molecule has 2 saturated heterocycles. The SMILES string of the molecule is CC1CCN(C2CC(C)(C)OC2(C)C)CC1O. The Morgan fingerprint density at radius 1 is 1.24 bits per heavy atom. The lowest BCUT2D eigenvalue weighted by atomic mass is 9.88. The average molecular weight is 241 g/mol. The number of piperidine rings is 1. The molecule has 3 heteroatoms. The molecule has 3 unspecified atom stereocenters. The standard InChI is InChI=1S/C14H27NO2/c1-10-6-7-15(9-11(10)16)12-8-13(2,3)17-14(12,4)5/h10-12,16H,6-9H2,1-5H3. The summed E-state index contributed by atoms with van der Waals surface area (Å²) in [5, 5.41) is 10.0. The van der Waals surface area contributed by atoms with Crippen LogP contribution < -0.4 is 0 Å². The van der Waals surface area contributed by atoms with E-state index < -0.39 is 0 Å². The Hall–Kier alpha value is -0.120. The molecule has 0 aromatic heterocycles. The fourth-order valence-electron chi connectivity index (χ4n) is 3.46. The van der Waals surface area contributed by atoms with Crippen molar-refractivity contribution in [3.8, 4) is 0 Å². The lowest BCUT2D eigenvalue weighted by Gasteiger charge is -2.42. The van der Waals surface area contributed by atoms with E-state index in [2.05, 4.69) is 39.5 Å². The number of β-amino-alcohol motifs (C(OH)–C–C–N with tert-alkyl or cyclic N) is 1. The Balaban J connectivity index is 2.08. The Morgan fingerprint density at radius 3 is 2.35 bits per heavy atom. The molecule has 0 saturated carbocycles. The van der Waals surface area contributed by atoms with Crippen LogP contribution in [0.3, 0.4) is 0 Å². The van der Waals surface area contributed by atoms with Crippen LogP contribution in [0.2, 0.25) is 0 Å². The summed E-state index contributed by atoms with van der Waals surface area (Å²) >= 11 is 0. The van der Waals surface area contributed by atoms with Crippen molar-refractivity contribution in [2.75, 3.05) is 13.1 Å². The third kappa shape index (κ3) is 2.67. The number of hydrogen-bond acceptors (Lipinski definition) is 3. The topological polar surface area (TPSA) is 32.7 Å². The second-order valence-electron chi connectivity index (χ2n) is 7.01. The predicted octanol–water partition coefficient (Wildman–Crippen LogP) is 2.04. The summed E-state index contributed by atoms with van der Waals surface area (Å²) in [5.74, 6) is 0.435. The van der Waals surface area contributed by atoms with Crippen molar-refractivity contribution < 1.29 is 9.84 Å². The minimum Gasteiger partial charge on any atom is -0.392 e. The number of rotatable bonds is 1. The molecule has 0 aliphatic carbocycles. The van der Waals surface area contributed by atoms with Crippen molar-refractivity contribution in [2.24, 2.45) is 5.92 Å². The van der Waals surface area contributed by atoms with E-state index >= 15 is 0 Å². The average Bonchev–Trinajstić information content (AvgIpc) is 2.39. The first-order valence-corrected chi connectivity index (χ1v) is 6.83. The van der Waals surface area contributed by atoms with Gasteiger partial charge in [0.25, 0.3) is 0 Å². The monoisotopic (exact) mass is 241 g/mol. The van der Waals surface area contributed by atoms with Crippen LogP contribution in [0.25, 0.3) is 0 Å². The largest absolute Gasteiger partial charge is 0.392 e. The van der Waals surface area contributed by atoms with Crippen LogP contribution in [-0.4, -0.2) is 46.4 Å². The molecule has 17 heavy (non-hydrogen) atoms. The van der Waals surface area contributed by atoms with Crippen molar-refractivity contribution >= 4 is 0 Å². The third-order valence-corrected chi connectivity index (χ3v) is 4.42. The molecule has 0 bridgehead atoms. The van der Waals surface area contributed by atoms with Crippen LogP contribution in [-0.2, 0) is 4.74 Å². The van der Waals surface area contributed by atoms with E-state index in [0.717, 1.165) is 25.9 Å². The van der Waals surface area contributed by atoms with Gasteiger partial charge in [0.1, 0.15) is 0 Å². The molecule has 2 aliphatic heterocycles. The van der Waals surface area contributed by atoms with Gasteiger partial charge in [0.15, 0.2) is 0 Å². The van der Waals surface area contributed by atoms with Crippen LogP contribution in [0.4, 0.5) is 0 Å². The maximum atomic E-state index is 10.0. The molecule has 0 aromatic carbocycles. The van der Waals surface area contributed by atoms with E-state index in [9.17, 15) is 5.11 Å². The molecule has 0 radical (unpaired) electrons. The fraction of sp³-hybridized carbons (Fsp3) is 1.00. The number of ether oxygens (including phenoxy) is 1. The molecule has 0 aromatic rings. The van der Waals surface area contributed by atoms with E-state index in [4.69, 9.17) is 4.74 Å². The summed E-state index contributed by atoms with van der Waals surface area (Å²) in [7, 11) is 0. The molecular formula is C14H27NO2. The molecule has 3 atom stereocenters. The quantitative estimate of drug-likeness (QED) is 0.762. The van der Waals surface area contributed by atoms with Crippen molar-refractivity contribution in [2.45, 2.75) is 70.8 Å². The summed E-state index contributed by atoms with van der Waals surface area (Å²) in [6, 6.07) is 0.430. The zero-order valence-corrected chi connectivity index (χ0v) is 11.9. The molecule has 2 heterocycles. The van der Waals surface area contributed by atoms with Crippen molar-refractivity contribution in [1.29, 1.82) is 0 Å². The maximum Gasteiger partial charge on any atom is 0.0789 e. The highest BCUT2D eigenvalue weighted by molar-refractivity contribution is 5.01. The Labute approximate surface area is 105 Å². The summed E-state index contributed by atoms with van der Waals surface area (Å²) in [6.07, 6.45) is 1.97. The highest BCUT2D eigenvalue weighted by Crippen LogP contribution is 2.41.